The fourth-order valence-corrected chi connectivity index (χ4v) is 4.24. The van der Waals surface area contributed by atoms with Crippen molar-refractivity contribution in [3.8, 4) is 0 Å². The zero-order chi connectivity index (χ0) is 18.7. The maximum Gasteiger partial charge on any atom is 0.264 e. The lowest BCUT2D eigenvalue weighted by atomic mass is 10.1. The molecule has 1 aliphatic heterocycles. The lowest BCUT2D eigenvalue weighted by Gasteiger charge is -2.24. The molecular formula is C19H24ClN3O3S. The van der Waals surface area contributed by atoms with Crippen molar-refractivity contribution in [3.63, 3.8) is 0 Å². The number of hydrogen-bond acceptors (Lipinski definition) is 4. The van der Waals surface area contributed by atoms with Crippen LogP contribution in [0.3, 0.4) is 0 Å². The van der Waals surface area contributed by atoms with Crippen LogP contribution >= 0.6 is 12.4 Å². The molecule has 1 fully saturated rings. The van der Waals surface area contributed by atoms with Crippen LogP contribution in [0.2, 0.25) is 0 Å². The van der Waals surface area contributed by atoms with E-state index in [2.05, 4.69) is 5.32 Å². The summed E-state index contributed by atoms with van der Waals surface area (Å²) < 4.78 is 26.8. The van der Waals surface area contributed by atoms with E-state index < -0.39 is 10.0 Å². The van der Waals surface area contributed by atoms with Crippen molar-refractivity contribution < 1.29 is 13.2 Å². The van der Waals surface area contributed by atoms with E-state index in [1.165, 1.54) is 23.5 Å². The van der Waals surface area contributed by atoms with E-state index in [4.69, 9.17) is 0 Å². The Labute approximate surface area is 166 Å². The van der Waals surface area contributed by atoms with Gasteiger partial charge in [0.2, 0.25) is 0 Å². The summed E-state index contributed by atoms with van der Waals surface area (Å²) in [4.78, 5) is 14.5. The zero-order valence-electron chi connectivity index (χ0n) is 15.3. The van der Waals surface area contributed by atoms with Gasteiger partial charge in [-0.2, -0.15) is 0 Å². The highest BCUT2D eigenvalue weighted by Crippen LogP contribution is 2.22. The van der Waals surface area contributed by atoms with Crippen LogP contribution in [0.15, 0.2) is 59.5 Å². The second-order valence-corrected chi connectivity index (χ2v) is 8.36. The summed E-state index contributed by atoms with van der Waals surface area (Å²) in [6.45, 7) is 1.70. The van der Waals surface area contributed by atoms with Gasteiger partial charge in [-0.1, -0.05) is 18.2 Å². The largest absolute Gasteiger partial charge is 0.337 e. The molecule has 0 aliphatic carbocycles. The average Bonchev–Trinajstić information content (AvgIpc) is 3.21. The average molecular weight is 410 g/mol. The monoisotopic (exact) mass is 409 g/mol. The molecule has 2 aromatic carbocycles. The molecule has 3 rings (SSSR count). The second kappa shape index (κ2) is 8.73. The number of halogens is 1. The number of rotatable bonds is 5. The van der Waals surface area contributed by atoms with Crippen LogP contribution in [0, 0.1) is 0 Å². The molecule has 1 unspecified atom stereocenters. The molecule has 1 N–H and O–H groups in total. The van der Waals surface area contributed by atoms with Gasteiger partial charge in [0.1, 0.15) is 0 Å². The summed E-state index contributed by atoms with van der Waals surface area (Å²) in [6, 6.07) is 15.2. The number of carbonyl (C=O) groups is 1. The Bertz CT molecular complexity index is 867. The summed E-state index contributed by atoms with van der Waals surface area (Å²) in [5.41, 5.74) is 1.07. The Morgan fingerprint density at radius 3 is 2.22 bits per heavy atom. The van der Waals surface area contributed by atoms with E-state index in [0.717, 1.165) is 19.5 Å². The molecule has 0 saturated carbocycles. The van der Waals surface area contributed by atoms with E-state index in [1.807, 2.05) is 6.07 Å². The first-order valence-corrected chi connectivity index (χ1v) is 9.97. The van der Waals surface area contributed by atoms with E-state index in [1.54, 1.807) is 48.3 Å². The highest BCUT2D eigenvalue weighted by molar-refractivity contribution is 7.92. The molecule has 0 spiro atoms. The SMILES string of the molecule is CN(C(=O)c1ccc(S(=O)(=O)N(C)c2ccccc2)cc1)C1CCNC1.Cl. The minimum atomic E-state index is -3.67. The van der Waals surface area contributed by atoms with E-state index in [9.17, 15) is 13.2 Å². The van der Waals surface area contributed by atoms with Crippen LogP contribution in [0.4, 0.5) is 5.69 Å². The second-order valence-electron chi connectivity index (χ2n) is 6.40. The van der Waals surface area contributed by atoms with E-state index >= 15 is 0 Å². The highest BCUT2D eigenvalue weighted by atomic mass is 35.5. The highest BCUT2D eigenvalue weighted by Gasteiger charge is 2.25. The molecule has 0 radical (unpaired) electrons. The Morgan fingerprint density at radius 1 is 1.04 bits per heavy atom. The maximum absolute atomic E-state index is 12.8. The number of anilines is 1. The molecule has 146 valence electrons. The number of hydrogen-bond donors (Lipinski definition) is 1. The quantitative estimate of drug-likeness (QED) is 0.823. The molecule has 8 heteroatoms. The minimum absolute atomic E-state index is 0. The van der Waals surface area contributed by atoms with Crippen molar-refractivity contribution in [1.29, 1.82) is 0 Å². The molecular weight excluding hydrogens is 386 g/mol. The summed E-state index contributed by atoms with van der Waals surface area (Å²) >= 11 is 0. The van der Waals surface area contributed by atoms with Gasteiger partial charge in [-0.05, 0) is 49.4 Å². The van der Waals surface area contributed by atoms with E-state index in [-0.39, 0.29) is 29.3 Å². The van der Waals surface area contributed by atoms with Crippen molar-refractivity contribution in [3.05, 3.63) is 60.2 Å². The third-order valence-corrected chi connectivity index (χ3v) is 6.58. The van der Waals surface area contributed by atoms with Crippen LogP contribution in [0.1, 0.15) is 16.8 Å². The smallest absolute Gasteiger partial charge is 0.264 e. The minimum Gasteiger partial charge on any atom is -0.337 e. The van der Waals surface area contributed by atoms with Gasteiger partial charge in [0.25, 0.3) is 15.9 Å². The lowest BCUT2D eigenvalue weighted by Crippen LogP contribution is -2.38. The van der Waals surface area contributed by atoms with Crippen molar-refractivity contribution in [2.75, 3.05) is 31.5 Å². The fraction of sp³-hybridized carbons (Fsp3) is 0.316. The number of likely N-dealkylation sites (N-methyl/N-ethyl adjacent to an activating group) is 1. The maximum atomic E-state index is 12.8. The third kappa shape index (κ3) is 4.43. The van der Waals surface area contributed by atoms with Crippen molar-refractivity contribution in [2.24, 2.45) is 0 Å². The normalized spacial score (nSPS) is 16.4. The molecule has 1 heterocycles. The van der Waals surface area contributed by atoms with Crippen LogP contribution in [0.5, 0.6) is 0 Å². The number of para-hydroxylation sites is 1. The van der Waals surface area contributed by atoms with Crippen LogP contribution in [-0.2, 0) is 10.0 Å². The number of sulfonamides is 1. The summed E-state index contributed by atoms with van der Waals surface area (Å²) in [7, 11) is -0.368. The number of nitrogens with one attached hydrogen (secondary N) is 1. The first-order chi connectivity index (χ1) is 12.4. The first-order valence-electron chi connectivity index (χ1n) is 8.53. The Balaban J connectivity index is 0.00000261. The van der Waals surface area contributed by atoms with Gasteiger partial charge in [-0.15, -0.1) is 12.4 Å². The third-order valence-electron chi connectivity index (χ3n) is 4.78. The molecule has 0 aromatic heterocycles. The zero-order valence-corrected chi connectivity index (χ0v) is 17.0. The Morgan fingerprint density at radius 2 is 1.67 bits per heavy atom. The first kappa shape index (κ1) is 21.2. The molecule has 1 saturated heterocycles. The van der Waals surface area contributed by atoms with E-state index in [0.29, 0.717) is 11.3 Å². The lowest BCUT2D eigenvalue weighted by molar-refractivity contribution is 0.0743. The van der Waals surface area contributed by atoms with Crippen LogP contribution in [0.25, 0.3) is 0 Å². The molecule has 6 nitrogen and oxygen atoms in total. The van der Waals surface area contributed by atoms with Crippen molar-refractivity contribution in [1.82, 2.24) is 10.2 Å². The number of amides is 1. The Kier molecular flexibility index (Phi) is 6.86. The van der Waals surface area contributed by atoms with Gasteiger partial charge in [0.15, 0.2) is 0 Å². The van der Waals surface area contributed by atoms with Gasteiger partial charge >= 0.3 is 0 Å². The molecule has 1 atom stereocenters. The summed E-state index contributed by atoms with van der Waals surface area (Å²) in [5.74, 6) is -0.0981. The van der Waals surface area contributed by atoms with Gasteiger partial charge < -0.3 is 10.2 Å². The summed E-state index contributed by atoms with van der Waals surface area (Å²) in [6.07, 6.45) is 0.927. The number of benzene rings is 2. The topological polar surface area (TPSA) is 69.7 Å². The van der Waals surface area contributed by atoms with Crippen LogP contribution in [-0.4, -0.2) is 52.5 Å². The standard InChI is InChI=1S/C19H23N3O3S.ClH/c1-21(17-12-13-20-14-17)19(23)15-8-10-18(11-9-15)26(24,25)22(2)16-6-4-3-5-7-16;/h3-11,17,20H,12-14H2,1-2H3;1H. The fourth-order valence-electron chi connectivity index (χ4n) is 3.04. The van der Waals surface area contributed by atoms with Crippen molar-refractivity contribution in [2.45, 2.75) is 17.4 Å². The molecule has 1 aliphatic rings. The van der Waals surface area contributed by atoms with Gasteiger partial charge in [-0.3, -0.25) is 9.10 Å². The summed E-state index contributed by atoms with van der Waals surface area (Å²) in [5, 5.41) is 3.24. The number of nitrogens with zero attached hydrogens (tertiary/aromatic N) is 2. The number of carbonyl (C=O) groups excluding carboxylic acids is 1. The van der Waals surface area contributed by atoms with Gasteiger partial charge in [0, 0.05) is 32.2 Å². The Hall–Kier alpha value is -2.09. The van der Waals surface area contributed by atoms with Gasteiger partial charge in [0.05, 0.1) is 10.6 Å². The molecule has 1 amide bonds. The molecule has 27 heavy (non-hydrogen) atoms. The van der Waals surface area contributed by atoms with Gasteiger partial charge in [-0.25, -0.2) is 8.42 Å². The molecule has 0 bridgehead atoms. The van der Waals surface area contributed by atoms with Crippen molar-refractivity contribution >= 4 is 34.0 Å². The molecule has 2 aromatic rings. The predicted octanol–water partition coefficient (Wildman–Crippen LogP) is 2.37. The predicted molar refractivity (Wildman–Crippen MR) is 109 cm³/mol. The van der Waals surface area contributed by atoms with Crippen LogP contribution < -0.4 is 9.62 Å².